The second kappa shape index (κ2) is 5.97. The number of halogens is 1. The number of carbonyl (C=O) groups is 1. The van der Waals surface area contributed by atoms with E-state index in [0.29, 0.717) is 10.9 Å². The smallest absolute Gasteiger partial charge is 0.227 e. The first kappa shape index (κ1) is 13.6. The van der Waals surface area contributed by atoms with Gasteiger partial charge in [0.1, 0.15) is 5.82 Å². The van der Waals surface area contributed by atoms with Gasteiger partial charge in [-0.15, -0.1) is 0 Å². The molecule has 0 saturated carbocycles. The molecule has 0 aromatic carbocycles. The summed E-state index contributed by atoms with van der Waals surface area (Å²) in [4.78, 5) is 20.8. The van der Waals surface area contributed by atoms with Gasteiger partial charge < -0.3 is 15.1 Å². The number of pyridine rings is 1. The molecule has 0 bridgehead atoms. The van der Waals surface area contributed by atoms with E-state index in [-0.39, 0.29) is 5.92 Å². The first-order chi connectivity index (χ1) is 9.74. The van der Waals surface area contributed by atoms with Crippen LogP contribution in [-0.2, 0) is 4.79 Å². The molecule has 2 aliphatic rings. The van der Waals surface area contributed by atoms with Gasteiger partial charge in [-0.05, 0) is 25.1 Å². The normalized spacial score (nSPS) is 23.1. The van der Waals surface area contributed by atoms with Crippen molar-refractivity contribution in [1.29, 1.82) is 0 Å². The molecular formula is C14H19ClN4O. The fourth-order valence-electron chi connectivity index (χ4n) is 2.83. The summed E-state index contributed by atoms with van der Waals surface area (Å²) in [5, 5.41) is 3.90. The lowest BCUT2D eigenvalue weighted by molar-refractivity contribution is -0.135. The van der Waals surface area contributed by atoms with Crippen molar-refractivity contribution in [2.45, 2.75) is 6.42 Å². The van der Waals surface area contributed by atoms with E-state index in [1.807, 2.05) is 17.0 Å². The molecule has 1 aromatic heterocycles. The van der Waals surface area contributed by atoms with Crippen molar-refractivity contribution >= 4 is 23.3 Å². The van der Waals surface area contributed by atoms with E-state index in [1.54, 1.807) is 6.20 Å². The Kier molecular flexibility index (Phi) is 4.08. The SMILES string of the molecule is O=C(C1CCNC1)N1CCN(c2ccc(Cl)cn2)CC1. The van der Waals surface area contributed by atoms with Gasteiger partial charge in [0.15, 0.2) is 0 Å². The summed E-state index contributed by atoms with van der Waals surface area (Å²) in [5.74, 6) is 1.41. The number of carbonyl (C=O) groups excluding carboxylic acids is 1. The van der Waals surface area contributed by atoms with Crippen molar-refractivity contribution in [1.82, 2.24) is 15.2 Å². The van der Waals surface area contributed by atoms with Crippen molar-refractivity contribution in [3.63, 3.8) is 0 Å². The summed E-state index contributed by atoms with van der Waals surface area (Å²) >= 11 is 5.85. The number of nitrogens with one attached hydrogen (secondary N) is 1. The van der Waals surface area contributed by atoms with E-state index in [4.69, 9.17) is 11.6 Å². The predicted octanol–water partition coefficient (Wildman–Crippen LogP) is 0.993. The van der Waals surface area contributed by atoms with Crippen LogP contribution in [0.1, 0.15) is 6.42 Å². The molecule has 0 aliphatic carbocycles. The first-order valence-corrected chi connectivity index (χ1v) is 7.48. The standard InChI is InChI=1S/C14H19ClN4O/c15-12-1-2-13(17-10-12)18-5-7-19(8-6-18)14(20)11-3-4-16-9-11/h1-2,10-11,16H,3-9H2. The Morgan fingerprint density at radius 1 is 1.30 bits per heavy atom. The molecule has 3 rings (SSSR count). The molecule has 5 nitrogen and oxygen atoms in total. The monoisotopic (exact) mass is 294 g/mol. The Balaban J connectivity index is 1.56. The fraction of sp³-hybridized carbons (Fsp3) is 0.571. The third-order valence-electron chi connectivity index (χ3n) is 4.04. The summed E-state index contributed by atoms with van der Waals surface area (Å²) < 4.78 is 0. The molecule has 1 amide bonds. The van der Waals surface area contributed by atoms with Crippen molar-refractivity contribution in [3.8, 4) is 0 Å². The summed E-state index contributed by atoms with van der Waals surface area (Å²) in [6.45, 7) is 5.02. The zero-order chi connectivity index (χ0) is 13.9. The van der Waals surface area contributed by atoms with Gasteiger partial charge in [-0.2, -0.15) is 0 Å². The minimum absolute atomic E-state index is 0.176. The highest BCUT2D eigenvalue weighted by atomic mass is 35.5. The number of rotatable bonds is 2. The first-order valence-electron chi connectivity index (χ1n) is 7.10. The van der Waals surface area contributed by atoms with Gasteiger partial charge in [0.05, 0.1) is 10.9 Å². The van der Waals surface area contributed by atoms with E-state index in [1.165, 1.54) is 0 Å². The van der Waals surface area contributed by atoms with Crippen molar-refractivity contribution in [2.75, 3.05) is 44.2 Å². The highest BCUT2D eigenvalue weighted by Crippen LogP contribution is 2.18. The van der Waals surface area contributed by atoms with E-state index in [2.05, 4.69) is 15.2 Å². The molecule has 3 heterocycles. The quantitative estimate of drug-likeness (QED) is 0.884. The molecule has 6 heteroatoms. The van der Waals surface area contributed by atoms with Crippen LogP contribution >= 0.6 is 11.6 Å². The van der Waals surface area contributed by atoms with Crippen LogP contribution in [0, 0.1) is 5.92 Å². The maximum absolute atomic E-state index is 12.3. The molecular weight excluding hydrogens is 276 g/mol. The van der Waals surface area contributed by atoms with E-state index < -0.39 is 0 Å². The van der Waals surface area contributed by atoms with Gasteiger partial charge in [0.2, 0.25) is 5.91 Å². The number of aromatic nitrogens is 1. The van der Waals surface area contributed by atoms with Crippen LogP contribution in [-0.4, -0.2) is 55.1 Å². The highest BCUT2D eigenvalue weighted by molar-refractivity contribution is 6.30. The zero-order valence-corrected chi connectivity index (χ0v) is 12.1. The Morgan fingerprint density at radius 3 is 2.70 bits per heavy atom. The van der Waals surface area contributed by atoms with Gasteiger partial charge in [0.25, 0.3) is 0 Å². The number of nitrogens with zero attached hydrogens (tertiary/aromatic N) is 3. The summed E-state index contributed by atoms with van der Waals surface area (Å²) in [5.41, 5.74) is 0. The van der Waals surface area contributed by atoms with Crippen LogP contribution in [0.2, 0.25) is 5.02 Å². The third kappa shape index (κ3) is 2.88. The number of anilines is 1. The zero-order valence-electron chi connectivity index (χ0n) is 11.4. The maximum atomic E-state index is 12.3. The van der Waals surface area contributed by atoms with Crippen LogP contribution in [0.4, 0.5) is 5.82 Å². The van der Waals surface area contributed by atoms with Gasteiger partial charge in [-0.25, -0.2) is 4.98 Å². The van der Waals surface area contributed by atoms with Crippen molar-refractivity contribution < 1.29 is 4.79 Å². The molecule has 0 spiro atoms. The van der Waals surface area contributed by atoms with Gasteiger partial charge in [-0.1, -0.05) is 11.6 Å². The van der Waals surface area contributed by atoms with Gasteiger partial charge >= 0.3 is 0 Å². The average Bonchev–Trinajstić information content (AvgIpc) is 3.02. The Bertz CT molecular complexity index is 465. The fourth-order valence-corrected chi connectivity index (χ4v) is 2.95. The van der Waals surface area contributed by atoms with Crippen molar-refractivity contribution in [3.05, 3.63) is 23.4 Å². The Hall–Kier alpha value is -1.33. The molecule has 1 aromatic rings. The van der Waals surface area contributed by atoms with Crippen LogP contribution in [0.15, 0.2) is 18.3 Å². The topological polar surface area (TPSA) is 48.5 Å². The summed E-state index contributed by atoms with van der Waals surface area (Å²) in [6, 6.07) is 3.78. The minimum atomic E-state index is 0.176. The summed E-state index contributed by atoms with van der Waals surface area (Å²) in [7, 11) is 0. The van der Waals surface area contributed by atoms with Crippen LogP contribution in [0.3, 0.4) is 0 Å². The number of hydrogen-bond acceptors (Lipinski definition) is 4. The van der Waals surface area contributed by atoms with E-state index in [0.717, 1.165) is 51.5 Å². The second-order valence-electron chi connectivity index (χ2n) is 5.34. The van der Waals surface area contributed by atoms with Crippen LogP contribution < -0.4 is 10.2 Å². The van der Waals surface area contributed by atoms with Crippen molar-refractivity contribution in [2.24, 2.45) is 5.92 Å². The molecule has 1 unspecified atom stereocenters. The number of amides is 1. The molecule has 2 aliphatic heterocycles. The molecule has 108 valence electrons. The maximum Gasteiger partial charge on any atom is 0.227 e. The van der Waals surface area contributed by atoms with Gasteiger partial charge in [0, 0.05) is 38.9 Å². The third-order valence-corrected chi connectivity index (χ3v) is 4.26. The lowest BCUT2D eigenvalue weighted by Gasteiger charge is -2.36. The molecule has 2 fully saturated rings. The number of piperazine rings is 1. The molecule has 20 heavy (non-hydrogen) atoms. The molecule has 2 saturated heterocycles. The number of hydrogen-bond donors (Lipinski definition) is 1. The lowest BCUT2D eigenvalue weighted by atomic mass is 10.1. The minimum Gasteiger partial charge on any atom is -0.353 e. The Morgan fingerprint density at radius 2 is 2.10 bits per heavy atom. The second-order valence-corrected chi connectivity index (χ2v) is 5.77. The largest absolute Gasteiger partial charge is 0.353 e. The lowest BCUT2D eigenvalue weighted by Crippen LogP contribution is -2.50. The Labute approximate surface area is 123 Å². The average molecular weight is 295 g/mol. The van der Waals surface area contributed by atoms with E-state index >= 15 is 0 Å². The predicted molar refractivity (Wildman–Crippen MR) is 79.0 cm³/mol. The molecule has 0 radical (unpaired) electrons. The molecule has 1 atom stereocenters. The highest BCUT2D eigenvalue weighted by Gasteiger charge is 2.29. The van der Waals surface area contributed by atoms with Crippen LogP contribution in [0.5, 0.6) is 0 Å². The van der Waals surface area contributed by atoms with Gasteiger partial charge in [-0.3, -0.25) is 4.79 Å². The molecule has 1 N–H and O–H groups in total. The summed E-state index contributed by atoms with van der Waals surface area (Å²) in [6.07, 6.45) is 2.64. The van der Waals surface area contributed by atoms with E-state index in [9.17, 15) is 4.79 Å². The van der Waals surface area contributed by atoms with Crippen LogP contribution in [0.25, 0.3) is 0 Å².